The van der Waals surface area contributed by atoms with E-state index in [0.29, 0.717) is 21.8 Å². The lowest BCUT2D eigenvalue weighted by Crippen LogP contribution is -2.20. The molecule has 0 aliphatic heterocycles. The average molecular weight is 402 g/mol. The second-order valence-electron chi connectivity index (χ2n) is 6.22. The summed E-state index contributed by atoms with van der Waals surface area (Å²) in [6, 6.07) is 12.8. The minimum Gasteiger partial charge on any atom is -0.377 e. The zero-order valence-corrected chi connectivity index (χ0v) is 16.1. The summed E-state index contributed by atoms with van der Waals surface area (Å²) in [4.78, 5) is 15.3. The largest absolute Gasteiger partial charge is 0.377 e. The van der Waals surface area contributed by atoms with Gasteiger partial charge in [-0.2, -0.15) is 5.26 Å². The first kappa shape index (κ1) is 19.0. The SMILES string of the molecule is C[C@H](Nc1ccc(C#N)cc1S(C)(=O)=O)c1cc2cccc(Cl)c2[nH]c1=O. The topological polar surface area (TPSA) is 103 Å². The van der Waals surface area contributed by atoms with Gasteiger partial charge in [-0.1, -0.05) is 23.7 Å². The molecule has 1 heterocycles. The number of sulfone groups is 1. The van der Waals surface area contributed by atoms with Gasteiger partial charge in [0.1, 0.15) is 0 Å². The van der Waals surface area contributed by atoms with Crippen LogP contribution in [0.2, 0.25) is 5.02 Å². The molecule has 0 bridgehead atoms. The summed E-state index contributed by atoms with van der Waals surface area (Å²) in [6.07, 6.45) is 1.07. The first-order chi connectivity index (χ1) is 12.7. The number of hydrogen-bond acceptors (Lipinski definition) is 5. The second kappa shape index (κ2) is 7.06. The van der Waals surface area contributed by atoms with Crippen molar-refractivity contribution in [2.45, 2.75) is 17.9 Å². The Morgan fingerprint density at radius 1 is 1.22 bits per heavy atom. The monoisotopic (exact) mass is 401 g/mol. The average Bonchev–Trinajstić information content (AvgIpc) is 2.61. The highest BCUT2D eigenvalue weighted by atomic mass is 35.5. The Morgan fingerprint density at radius 3 is 2.63 bits per heavy atom. The summed E-state index contributed by atoms with van der Waals surface area (Å²) in [6.45, 7) is 1.76. The van der Waals surface area contributed by atoms with Crippen molar-refractivity contribution in [1.82, 2.24) is 4.98 Å². The Bertz CT molecular complexity index is 1240. The lowest BCUT2D eigenvalue weighted by atomic mass is 10.1. The number of halogens is 1. The van der Waals surface area contributed by atoms with Crippen LogP contribution in [0.4, 0.5) is 5.69 Å². The summed E-state index contributed by atoms with van der Waals surface area (Å²) < 4.78 is 24.2. The van der Waals surface area contributed by atoms with E-state index in [1.165, 1.54) is 18.2 Å². The zero-order chi connectivity index (χ0) is 19.8. The molecule has 0 unspecified atom stereocenters. The van der Waals surface area contributed by atoms with Crippen LogP contribution < -0.4 is 10.9 Å². The molecule has 0 radical (unpaired) electrons. The third kappa shape index (κ3) is 3.82. The maximum Gasteiger partial charge on any atom is 0.253 e. The van der Waals surface area contributed by atoms with Gasteiger partial charge >= 0.3 is 0 Å². The Hall–Kier alpha value is -2.82. The maximum atomic E-state index is 12.5. The van der Waals surface area contributed by atoms with Crippen LogP contribution in [-0.4, -0.2) is 19.7 Å². The number of pyridine rings is 1. The number of H-pyrrole nitrogens is 1. The Kier molecular flexibility index (Phi) is 4.96. The van der Waals surface area contributed by atoms with Crippen molar-refractivity contribution in [2.75, 3.05) is 11.6 Å². The molecule has 8 heteroatoms. The third-order valence-corrected chi connectivity index (χ3v) is 5.66. The fourth-order valence-corrected chi connectivity index (χ4v) is 3.96. The van der Waals surface area contributed by atoms with E-state index in [0.717, 1.165) is 11.6 Å². The molecule has 138 valence electrons. The van der Waals surface area contributed by atoms with Crippen LogP contribution in [0.25, 0.3) is 10.9 Å². The van der Waals surface area contributed by atoms with E-state index in [-0.39, 0.29) is 16.0 Å². The summed E-state index contributed by atoms with van der Waals surface area (Å²) in [5.41, 5.74) is 1.25. The van der Waals surface area contributed by atoms with Gasteiger partial charge in [-0.25, -0.2) is 8.42 Å². The van der Waals surface area contributed by atoms with Gasteiger partial charge < -0.3 is 10.3 Å². The number of anilines is 1. The molecule has 0 aliphatic carbocycles. The van der Waals surface area contributed by atoms with Crippen LogP contribution in [0, 0.1) is 11.3 Å². The molecule has 3 aromatic rings. The van der Waals surface area contributed by atoms with Gasteiger partial charge in [0, 0.05) is 17.2 Å². The number of rotatable bonds is 4. The smallest absolute Gasteiger partial charge is 0.253 e. The van der Waals surface area contributed by atoms with E-state index >= 15 is 0 Å². The molecular formula is C19H16ClN3O3S. The van der Waals surface area contributed by atoms with Crippen LogP contribution in [0.15, 0.2) is 52.2 Å². The normalized spacial score (nSPS) is 12.5. The van der Waals surface area contributed by atoms with Crippen molar-refractivity contribution in [3.63, 3.8) is 0 Å². The highest BCUT2D eigenvalue weighted by Gasteiger charge is 2.18. The molecular weight excluding hydrogens is 386 g/mol. The zero-order valence-electron chi connectivity index (χ0n) is 14.6. The van der Waals surface area contributed by atoms with Gasteiger partial charge in [0.2, 0.25) is 0 Å². The van der Waals surface area contributed by atoms with Crippen molar-refractivity contribution < 1.29 is 8.42 Å². The standard InChI is InChI=1S/C19H16ClN3O3S/c1-11(14-9-13-4-3-5-15(20)18(13)23-19(14)24)22-16-7-6-12(10-21)8-17(16)27(2,25)26/h3-9,11,22H,1-2H3,(H,23,24)/t11-/m0/s1. The van der Waals surface area contributed by atoms with Gasteiger partial charge in [0.05, 0.1) is 38.8 Å². The first-order valence-electron chi connectivity index (χ1n) is 8.03. The fraction of sp³-hybridized carbons (Fsp3) is 0.158. The maximum absolute atomic E-state index is 12.5. The lowest BCUT2D eigenvalue weighted by molar-refractivity contribution is 0.602. The number of aromatic amines is 1. The minimum absolute atomic E-state index is 0.00802. The number of nitrogens with zero attached hydrogens (tertiary/aromatic N) is 1. The lowest BCUT2D eigenvalue weighted by Gasteiger charge is -2.18. The van der Waals surface area contributed by atoms with Gasteiger partial charge in [-0.15, -0.1) is 0 Å². The summed E-state index contributed by atoms with van der Waals surface area (Å²) in [5.74, 6) is 0. The van der Waals surface area contributed by atoms with Gasteiger partial charge in [-0.05, 0) is 37.3 Å². The predicted octanol–water partition coefficient (Wildman–Crippen LogP) is 3.63. The molecule has 1 atom stereocenters. The van der Waals surface area contributed by atoms with Crippen LogP contribution in [0.3, 0.4) is 0 Å². The van der Waals surface area contributed by atoms with Gasteiger partial charge in [-0.3, -0.25) is 4.79 Å². The molecule has 0 fully saturated rings. The number of aromatic nitrogens is 1. The highest BCUT2D eigenvalue weighted by molar-refractivity contribution is 7.90. The molecule has 2 N–H and O–H groups in total. The fourth-order valence-electron chi connectivity index (χ4n) is 2.86. The van der Waals surface area contributed by atoms with E-state index in [1.54, 1.807) is 25.1 Å². The van der Waals surface area contributed by atoms with E-state index in [9.17, 15) is 13.2 Å². The van der Waals surface area contributed by atoms with Crippen LogP contribution in [0.5, 0.6) is 0 Å². The molecule has 1 aromatic heterocycles. The quantitative estimate of drug-likeness (QED) is 0.694. The molecule has 3 rings (SSSR count). The minimum atomic E-state index is -3.56. The van der Waals surface area contributed by atoms with Crippen LogP contribution in [0.1, 0.15) is 24.1 Å². The molecule has 0 aliphatic rings. The first-order valence-corrected chi connectivity index (χ1v) is 10.3. The van der Waals surface area contributed by atoms with E-state index in [1.807, 2.05) is 12.1 Å². The summed E-state index contributed by atoms with van der Waals surface area (Å²) in [7, 11) is -3.56. The summed E-state index contributed by atoms with van der Waals surface area (Å²) >= 11 is 6.11. The molecule has 0 amide bonds. The van der Waals surface area contributed by atoms with Gasteiger partial charge in [0.15, 0.2) is 9.84 Å². The van der Waals surface area contributed by atoms with Crippen molar-refractivity contribution in [3.05, 3.63) is 69.0 Å². The Labute approximate surface area is 161 Å². The molecule has 6 nitrogen and oxygen atoms in total. The Balaban J connectivity index is 2.05. The number of fused-ring (bicyclic) bond motifs is 1. The van der Waals surface area contributed by atoms with Crippen molar-refractivity contribution in [2.24, 2.45) is 0 Å². The number of nitrogens with one attached hydrogen (secondary N) is 2. The van der Waals surface area contributed by atoms with Gasteiger partial charge in [0.25, 0.3) is 5.56 Å². The number of nitriles is 1. The predicted molar refractivity (Wildman–Crippen MR) is 106 cm³/mol. The summed E-state index contributed by atoms with van der Waals surface area (Å²) in [5, 5.41) is 13.3. The van der Waals surface area contributed by atoms with E-state index < -0.39 is 15.9 Å². The highest BCUT2D eigenvalue weighted by Crippen LogP contribution is 2.27. The molecule has 0 saturated carbocycles. The molecule has 0 spiro atoms. The number of hydrogen-bond donors (Lipinski definition) is 2. The van der Waals surface area contributed by atoms with E-state index in [2.05, 4.69) is 10.3 Å². The van der Waals surface area contributed by atoms with Crippen molar-refractivity contribution in [1.29, 1.82) is 5.26 Å². The number of para-hydroxylation sites is 1. The third-order valence-electron chi connectivity index (χ3n) is 4.21. The molecule has 0 saturated heterocycles. The van der Waals surface area contributed by atoms with Crippen molar-refractivity contribution in [3.8, 4) is 6.07 Å². The second-order valence-corrected chi connectivity index (χ2v) is 8.61. The Morgan fingerprint density at radius 2 is 1.96 bits per heavy atom. The molecule has 2 aromatic carbocycles. The molecule has 27 heavy (non-hydrogen) atoms. The number of benzene rings is 2. The van der Waals surface area contributed by atoms with E-state index in [4.69, 9.17) is 16.9 Å². The van der Waals surface area contributed by atoms with Crippen LogP contribution in [-0.2, 0) is 9.84 Å². The van der Waals surface area contributed by atoms with Crippen molar-refractivity contribution >= 4 is 38.0 Å². The van der Waals surface area contributed by atoms with Crippen LogP contribution >= 0.6 is 11.6 Å².